The van der Waals surface area contributed by atoms with Crippen LogP contribution in [0.3, 0.4) is 0 Å². The maximum Gasteiger partial charge on any atom is 0.407 e. The maximum atomic E-state index is 10.9. The third-order valence-corrected chi connectivity index (χ3v) is 5.00. The summed E-state index contributed by atoms with van der Waals surface area (Å²) >= 11 is 1.56. The van der Waals surface area contributed by atoms with Crippen LogP contribution in [0.4, 0.5) is 4.79 Å². The van der Waals surface area contributed by atoms with Crippen molar-refractivity contribution in [2.45, 2.75) is 25.6 Å². The molecular weight excluding hydrogens is 344 g/mol. The lowest BCUT2D eigenvalue weighted by molar-refractivity contribution is -0.00294. The smallest absolute Gasteiger partial charge is 0.407 e. The molecule has 4 rings (SSSR count). The fraction of sp³-hybridized carbons (Fsp3) is 0.375. The molecule has 25 heavy (non-hydrogen) atoms. The number of benzene rings is 1. The van der Waals surface area contributed by atoms with E-state index in [1.807, 2.05) is 18.2 Å². The van der Waals surface area contributed by atoms with E-state index < -0.39 is 6.09 Å². The van der Waals surface area contributed by atoms with Crippen molar-refractivity contribution in [1.29, 1.82) is 0 Å². The molecule has 0 spiro atoms. The molecule has 1 aliphatic heterocycles. The summed E-state index contributed by atoms with van der Waals surface area (Å²) in [7, 11) is 0. The monoisotopic (exact) mass is 360 g/mol. The van der Waals surface area contributed by atoms with Gasteiger partial charge >= 0.3 is 6.09 Å². The number of fused-ring (bicyclic) bond motifs is 1. The predicted molar refractivity (Wildman–Crippen MR) is 90.3 cm³/mol. The van der Waals surface area contributed by atoms with Crippen LogP contribution in [0.15, 0.2) is 28.2 Å². The number of ether oxygens (including phenoxy) is 1. The summed E-state index contributed by atoms with van der Waals surface area (Å²) in [5, 5.41) is 12.9. The molecule has 3 heterocycles. The number of nitrogens with zero attached hydrogens (tertiary/aromatic N) is 4. The molecule has 1 fully saturated rings. The molecule has 9 heteroatoms. The molecule has 1 amide bonds. The second-order valence-electron chi connectivity index (χ2n) is 5.83. The van der Waals surface area contributed by atoms with Crippen LogP contribution in [-0.4, -0.2) is 50.4 Å². The van der Waals surface area contributed by atoms with E-state index in [-0.39, 0.29) is 12.7 Å². The van der Waals surface area contributed by atoms with Crippen molar-refractivity contribution >= 4 is 27.6 Å². The van der Waals surface area contributed by atoms with Gasteiger partial charge in [0.2, 0.25) is 0 Å². The summed E-state index contributed by atoms with van der Waals surface area (Å²) in [6.07, 6.45) is 0.503. The number of likely N-dealkylation sites (tertiary alicyclic amines) is 1. The second-order valence-corrected chi connectivity index (χ2v) is 6.72. The van der Waals surface area contributed by atoms with Gasteiger partial charge in [-0.3, -0.25) is 0 Å². The Kier molecular flexibility index (Phi) is 4.33. The van der Waals surface area contributed by atoms with E-state index in [0.29, 0.717) is 37.6 Å². The van der Waals surface area contributed by atoms with Crippen molar-refractivity contribution in [3.05, 3.63) is 29.5 Å². The Morgan fingerprint density at radius 2 is 2.24 bits per heavy atom. The second kappa shape index (κ2) is 6.77. The van der Waals surface area contributed by atoms with Gasteiger partial charge in [0.25, 0.3) is 5.89 Å². The van der Waals surface area contributed by atoms with E-state index in [2.05, 4.69) is 15.1 Å². The zero-order chi connectivity index (χ0) is 17.2. The summed E-state index contributed by atoms with van der Waals surface area (Å²) < 4.78 is 12.2. The number of carbonyl (C=O) groups is 1. The van der Waals surface area contributed by atoms with Crippen LogP contribution in [0.2, 0.25) is 0 Å². The fourth-order valence-electron chi connectivity index (χ4n) is 2.82. The van der Waals surface area contributed by atoms with Gasteiger partial charge < -0.3 is 19.3 Å². The van der Waals surface area contributed by atoms with Crippen molar-refractivity contribution in [2.24, 2.45) is 0 Å². The molecular formula is C16H16N4O4S. The number of carboxylic acid groups (broad SMARTS) is 1. The van der Waals surface area contributed by atoms with Gasteiger partial charge in [-0.15, -0.1) is 11.3 Å². The standard InChI is InChI=1S/C16H16N4O4S/c21-16(22)20-5-3-11(4-6-20)23-8-14-18-15(24-19-14)10-1-2-12-13(7-10)25-9-17-12/h1-2,7,9,11H,3-6,8H2,(H,21,22). The third kappa shape index (κ3) is 3.47. The first kappa shape index (κ1) is 16.0. The Hall–Kier alpha value is -2.52. The van der Waals surface area contributed by atoms with Gasteiger partial charge in [0.1, 0.15) is 6.61 Å². The minimum absolute atomic E-state index is 0.0195. The Bertz CT molecular complexity index is 885. The van der Waals surface area contributed by atoms with E-state index in [0.717, 1.165) is 15.8 Å². The largest absolute Gasteiger partial charge is 0.465 e. The van der Waals surface area contributed by atoms with Gasteiger partial charge in [0, 0.05) is 18.7 Å². The molecule has 2 aromatic heterocycles. The highest BCUT2D eigenvalue weighted by molar-refractivity contribution is 7.16. The lowest BCUT2D eigenvalue weighted by atomic mass is 10.1. The van der Waals surface area contributed by atoms with Gasteiger partial charge in [-0.05, 0) is 31.0 Å². The average molecular weight is 360 g/mol. The van der Waals surface area contributed by atoms with Crippen LogP contribution in [0.5, 0.6) is 0 Å². The number of piperidine rings is 1. The zero-order valence-electron chi connectivity index (χ0n) is 13.3. The minimum Gasteiger partial charge on any atom is -0.465 e. The number of hydrogen-bond donors (Lipinski definition) is 1. The van der Waals surface area contributed by atoms with Gasteiger partial charge in [-0.25, -0.2) is 9.78 Å². The van der Waals surface area contributed by atoms with Crippen molar-refractivity contribution in [3.63, 3.8) is 0 Å². The highest BCUT2D eigenvalue weighted by Gasteiger charge is 2.23. The molecule has 1 aliphatic rings. The quantitative estimate of drug-likeness (QED) is 0.763. The molecule has 1 N–H and O–H groups in total. The molecule has 0 unspecified atom stereocenters. The lowest BCUT2D eigenvalue weighted by Crippen LogP contribution is -2.40. The number of thiazole rings is 1. The molecule has 0 saturated carbocycles. The minimum atomic E-state index is -0.876. The summed E-state index contributed by atoms with van der Waals surface area (Å²) in [5.74, 6) is 0.940. The first-order valence-electron chi connectivity index (χ1n) is 7.95. The molecule has 0 radical (unpaired) electrons. The van der Waals surface area contributed by atoms with Crippen molar-refractivity contribution in [2.75, 3.05) is 13.1 Å². The Labute approximate surface area is 147 Å². The van der Waals surface area contributed by atoms with E-state index >= 15 is 0 Å². The number of amides is 1. The fourth-order valence-corrected chi connectivity index (χ4v) is 3.54. The molecule has 3 aromatic rings. The molecule has 130 valence electrons. The van der Waals surface area contributed by atoms with E-state index in [1.54, 1.807) is 16.8 Å². The van der Waals surface area contributed by atoms with E-state index in [1.165, 1.54) is 4.90 Å². The van der Waals surface area contributed by atoms with Crippen LogP contribution in [0.1, 0.15) is 18.7 Å². The Morgan fingerprint density at radius 1 is 1.40 bits per heavy atom. The SMILES string of the molecule is O=C(O)N1CCC(OCc2noc(-c3ccc4ncsc4c3)n2)CC1. The highest BCUT2D eigenvalue weighted by Crippen LogP contribution is 2.25. The topological polar surface area (TPSA) is 102 Å². The lowest BCUT2D eigenvalue weighted by Gasteiger charge is -2.29. The normalized spacial score (nSPS) is 15.8. The van der Waals surface area contributed by atoms with Crippen LogP contribution < -0.4 is 0 Å². The summed E-state index contributed by atoms with van der Waals surface area (Å²) in [4.78, 5) is 20.9. The van der Waals surface area contributed by atoms with Crippen LogP contribution in [0.25, 0.3) is 21.7 Å². The number of hydrogen-bond acceptors (Lipinski definition) is 7. The Balaban J connectivity index is 1.36. The van der Waals surface area contributed by atoms with E-state index in [4.69, 9.17) is 14.4 Å². The van der Waals surface area contributed by atoms with E-state index in [9.17, 15) is 4.79 Å². The van der Waals surface area contributed by atoms with Crippen LogP contribution >= 0.6 is 11.3 Å². The van der Waals surface area contributed by atoms with Gasteiger partial charge in [0.05, 0.1) is 21.8 Å². The molecule has 1 aromatic carbocycles. The third-order valence-electron chi connectivity index (χ3n) is 4.21. The molecule has 0 aliphatic carbocycles. The average Bonchev–Trinajstić information content (AvgIpc) is 3.28. The molecule has 0 atom stereocenters. The molecule has 8 nitrogen and oxygen atoms in total. The highest BCUT2D eigenvalue weighted by atomic mass is 32.1. The molecule has 0 bridgehead atoms. The van der Waals surface area contributed by atoms with Crippen LogP contribution in [0, 0.1) is 0 Å². The summed E-state index contributed by atoms with van der Waals surface area (Å²) in [6.45, 7) is 1.24. The Morgan fingerprint density at radius 3 is 3.04 bits per heavy atom. The first-order chi connectivity index (χ1) is 12.2. The van der Waals surface area contributed by atoms with Crippen molar-refractivity contribution in [3.8, 4) is 11.5 Å². The van der Waals surface area contributed by atoms with Crippen LogP contribution in [-0.2, 0) is 11.3 Å². The number of aromatic nitrogens is 3. The summed E-state index contributed by atoms with van der Waals surface area (Å²) in [6, 6.07) is 5.81. The van der Waals surface area contributed by atoms with Gasteiger partial charge in [0.15, 0.2) is 5.82 Å². The summed E-state index contributed by atoms with van der Waals surface area (Å²) in [5.41, 5.74) is 3.60. The van der Waals surface area contributed by atoms with Gasteiger partial charge in [-0.1, -0.05) is 5.16 Å². The molecule has 1 saturated heterocycles. The first-order valence-corrected chi connectivity index (χ1v) is 8.83. The van der Waals surface area contributed by atoms with Crippen molar-refractivity contribution in [1.82, 2.24) is 20.0 Å². The zero-order valence-corrected chi connectivity index (χ0v) is 14.1. The maximum absolute atomic E-state index is 10.9. The number of rotatable bonds is 4. The predicted octanol–water partition coefficient (Wildman–Crippen LogP) is 3.01. The van der Waals surface area contributed by atoms with Gasteiger partial charge in [-0.2, -0.15) is 4.98 Å². The van der Waals surface area contributed by atoms with Crippen molar-refractivity contribution < 1.29 is 19.2 Å².